The Hall–Kier alpha value is -3.69. The third-order valence-electron chi connectivity index (χ3n) is 6.51. The molecule has 2 unspecified atom stereocenters. The molecule has 1 aliphatic carbocycles. The van der Waals surface area contributed by atoms with E-state index in [4.69, 9.17) is 26.8 Å². The van der Waals surface area contributed by atoms with E-state index < -0.39 is 0 Å². The number of benzene rings is 2. The Balaban J connectivity index is 0.000000598. The van der Waals surface area contributed by atoms with Crippen LogP contribution in [-0.2, 0) is 14.3 Å². The van der Waals surface area contributed by atoms with Gasteiger partial charge in [0, 0.05) is 55.6 Å². The van der Waals surface area contributed by atoms with E-state index in [9.17, 15) is 9.59 Å². The number of halogens is 1. The molecule has 0 radical (unpaired) electrons. The Bertz CT molecular complexity index is 1140. The molecule has 1 saturated carbocycles. The largest absolute Gasteiger partial charge is 0.492 e. The van der Waals surface area contributed by atoms with Gasteiger partial charge in [0.2, 0.25) is 5.91 Å². The number of likely N-dealkylation sites (N-methyl/N-ethyl adjacent to an activating group) is 1. The van der Waals surface area contributed by atoms with Gasteiger partial charge in [0.1, 0.15) is 11.4 Å². The first-order chi connectivity index (χ1) is 19.4. The molecule has 1 aliphatic rings. The summed E-state index contributed by atoms with van der Waals surface area (Å²) in [5, 5.41) is 12.4. The molecule has 2 atom stereocenters. The summed E-state index contributed by atoms with van der Waals surface area (Å²) in [6.45, 7) is 2.65. The van der Waals surface area contributed by atoms with Gasteiger partial charge >= 0.3 is 0 Å². The molecule has 0 heterocycles. The molecule has 0 bridgehead atoms. The highest BCUT2D eigenvalue weighted by Crippen LogP contribution is 2.33. The van der Waals surface area contributed by atoms with Crippen LogP contribution >= 0.6 is 11.6 Å². The topological polar surface area (TPSA) is 127 Å². The monoisotopic (exact) mass is 571 g/mol. The summed E-state index contributed by atoms with van der Waals surface area (Å²) < 4.78 is 10.7. The second kappa shape index (κ2) is 17.8. The first-order valence-corrected chi connectivity index (χ1v) is 13.8. The zero-order valence-corrected chi connectivity index (χ0v) is 24.5. The number of anilines is 2. The number of hydrogen-bond acceptors (Lipinski definition) is 8. The lowest BCUT2D eigenvalue weighted by Crippen LogP contribution is -2.36. The van der Waals surface area contributed by atoms with Crippen molar-refractivity contribution in [2.24, 2.45) is 17.6 Å². The molecule has 0 aromatic heterocycles. The first-order valence-electron chi connectivity index (χ1n) is 13.4. The molecule has 10 heteroatoms. The van der Waals surface area contributed by atoms with Crippen LogP contribution in [-0.4, -0.2) is 46.6 Å². The average molecular weight is 572 g/mol. The summed E-state index contributed by atoms with van der Waals surface area (Å²) in [5.41, 5.74) is 9.62. The summed E-state index contributed by atoms with van der Waals surface area (Å²) >= 11 is 6.11. The predicted molar refractivity (Wildman–Crippen MR) is 162 cm³/mol. The number of para-hydroxylation sites is 1. The van der Waals surface area contributed by atoms with E-state index in [0.29, 0.717) is 41.5 Å². The van der Waals surface area contributed by atoms with E-state index in [0.717, 1.165) is 30.6 Å². The van der Waals surface area contributed by atoms with Gasteiger partial charge in [-0.15, -0.1) is 0 Å². The lowest BCUT2D eigenvalue weighted by molar-refractivity contribution is -0.126. The van der Waals surface area contributed by atoms with Gasteiger partial charge in [-0.3, -0.25) is 9.59 Å². The summed E-state index contributed by atoms with van der Waals surface area (Å²) in [7, 11) is 5.11. The Morgan fingerprint density at radius 2 is 1.85 bits per heavy atom. The molecule has 2 aromatic rings. The van der Waals surface area contributed by atoms with Crippen LogP contribution in [0.1, 0.15) is 32.6 Å². The van der Waals surface area contributed by atoms with E-state index in [1.165, 1.54) is 7.11 Å². The number of aldehydes is 1. The molecular weight excluding hydrogens is 530 g/mol. The van der Waals surface area contributed by atoms with Crippen LogP contribution < -0.4 is 31.7 Å². The van der Waals surface area contributed by atoms with Crippen LogP contribution in [0, 0.1) is 11.8 Å². The van der Waals surface area contributed by atoms with E-state index in [-0.39, 0.29) is 30.0 Å². The minimum Gasteiger partial charge on any atom is -0.492 e. The first kappa shape index (κ1) is 32.5. The molecule has 0 aliphatic heterocycles. The van der Waals surface area contributed by atoms with E-state index in [1.54, 1.807) is 31.4 Å². The minimum absolute atomic E-state index is 0.0492. The fourth-order valence-corrected chi connectivity index (χ4v) is 4.52. The van der Waals surface area contributed by atoms with Crippen molar-refractivity contribution in [2.75, 3.05) is 45.1 Å². The number of methoxy groups -OCH3 is 1. The van der Waals surface area contributed by atoms with Gasteiger partial charge in [0.05, 0.1) is 24.6 Å². The van der Waals surface area contributed by atoms with E-state index in [2.05, 4.69) is 21.3 Å². The second-order valence-corrected chi connectivity index (χ2v) is 9.66. The van der Waals surface area contributed by atoms with Gasteiger partial charge in [-0.2, -0.15) is 0 Å². The van der Waals surface area contributed by atoms with Crippen LogP contribution in [0.4, 0.5) is 11.4 Å². The highest BCUT2D eigenvalue weighted by atomic mass is 35.5. The maximum Gasteiger partial charge on any atom is 0.227 e. The number of hydrogen-bond donors (Lipinski definition) is 5. The highest BCUT2D eigenvalue weighted by Gasteiger charge is 2.29. The molecule has 1 amide bonds. The molecule has 0 saturated heterocycles. The van der Waals surface area contributed by atoms with Gasteiger partial charge in [-0.05, 0) is 56.5 Å². The molecule has 218 valence electrons. The van der Waals surface area contributed by atoms with Gasteiger partial charge < -0.3 is 36.5 Å². The Labute approximate surface area is 242 Å². The fraction of sp³-hybridized carbons (Fsp3) is 0.400. The molecule has 6 N–H and O–H groups in total. The predicted octanol–water partition coefficient (Wildman–Crippen LogP) is 4.88. The zero-order chi connectivity index (χ0) is 29.3. The number of rotatable bonds is 12. The van der Waals surface area contributed by atoms with Crippen molar-refractivity contribution in [2.45, 2.75) is 32.6 Å². The number of carbonyl (C=O) groups is 2. The highest BCUT2D eigenvalue weighted by molar-refractivity contribution is 6.30. The van der Waals surface area contributed by atoms with Crippen molar-refractivity contribution in [1.29, 1.82) is 0 Å². The second-order valence-electron chi connectivity index (χ2n) is 9.22. The number of carbonyl (C=O) groups excluding carboxylic acids is 2. The van der Waals surface area contributed by atoms with Gasteiger partial charge in [-0.1, -0.05) is 36.2 Å². The average Bonchev–Trinajstić information content (AvgIpc) is 2.99. The van der Waals surface area contributed by atoms with Crippen molar-refractivity contribution in [3.05, 3.63) is 76.8 Å². The van der Waals surface area contributed by atoms with E-state index in [1.807, 2.05) is 44.3 Å². The maximum absolute atomic E-state index is 12.8. The molecule has 3 rings (SSSR count). The standard InChI is InChI=1S/C23H33ClN4O4.C7H9N/c1-4-32-22-9-8-17(24)11-19(22)27-12-18(25)15-6-5-7-16(10-15)23(30)28-20(13-29)21(26-2)14-31-3;1-8-7-5-3-2-4-6-7/h8-9,11-13,15-16,26-27H,4-7,10,14,25H2,1-3H3,(H,28,30);2-6,8H,1H3/b18-12-,21-20+;. The molecule has 0 spiro atoms. The Kier molecular flexibility index (Phi) is 14.5. The molecule has 9 nitrogen and oxygen atoms in total. The molecule has 40 heavy (non-hydrogen) atoms. The minimum atomic E-state index is -0.235. The normalized spacial score (nSPS) is 17.4. The number of amides is 1. The molecular formula is C30H42ClN5O4. The summed E-state index contributed by atoms with van der Waals surface area (Å²) in [4.78, 5) is 24.3. The number of allylic oxidation sites excluding steroid dienone is 2. The van der Waals surface area contributed by atoms with Crippen molar-refractivity contribution in [1.82, 2.24) is 10.6 Å². The van der Waals surface area contributed by atoms with Crippen molar-refractivity contribution < 1.29 is 19.1 Å². The summed E-state index contributed by atoms with van der Waals surface area (Å²) in [6.07, 6.45) is 5.49. The van der Waals surface area contributed by atoms with Crippen LogP contribution in [0.25, 0.3) is 0 Å². The number of ether oxygens (including phenoxy) is 2. The van der Waals surface area contributed by atoms with Crippen molar-refractivity contribution in [3.8, 4) is 5.75 Å². The quantitative estimate of drug-likeness (QED) is 0.180. The lowest BCUT2D eigenvalue weighted by Gasteiger charge is -2.29. The van der Waals surface area contributed by atoms with Crippen LogP contribution in [0.2, 0.25) is 5.02 Å². The van der Waals surface area contributed by atoms with E-state index >= 15 is 0 Å². The van der Waals surface area contributed by atoms with Crippen LogP contribution in [0.3, 0.4) is 0 Å². The van der Waals surface area contributed by atoms with Crippen LogP contribution in [0.5, 0.6) is 5.75 Å². The third kappa shape index (κ3) is 10.5. The fourth-order valence-electron chi connectivity index (χ4n) is 4.35. The summed E-state index contributed by atoms with van der Waals surface area (Å²) in [6, 6.07) is 15.4. The van der Waals surface area contributed by atoms with Gasteiger partial charge in [-0.25, -0.2) is 0 Å². The zero-order valence-electron chi connectivity index (χ0n) is 23.8. The van der Waals surface area contributed by atoms with Crippen molar-refractivity contribution in [3.63, 3.8) is 0 Å². The lowest BCUT2D eigenvalue weighted by atomic mass is 9.79. The third-order valence-corrected chi connectivity index (χ3v) is 6.74. The summed E-state index contributed by atoms with van der Waals surface area (Å²) in [5.74, 6) is 0.316. The Morgan fingerprint density at radius 3 is 2.45 bits per heavy atom. The molecule has 2 aromatic carbocycles. The van der Waals surface area contributed by atoms with Gasteiger partial charge in [0.25, 0.3) is 0 Å². The van der Waals surface area contributed by atoms with Gasteiger partial charge in [0.15, 0.2) is 6.29 Å². The Morgan fingerprint density at radius 1 is 1.12 bits per heavy atom. The van der Waals surface area contributed by atoms with Crippen LogP contribution in [0.15, 0.2) is 71.8 Å². The maximum atomic E-state index is 12.8. The molecule has 1 fully saturated rings. The number of nitrogens with one attached hydrogen (secondary N) is 4. The SMILES string of the molecule is CCOc1ccc(Cl)cc1N/C=C(\N)C1CCCC(C(=O)N/C(C=O)=C(\COC)NC)C1.CNc1ccccc1. The van der Waals surface area contributed by atoms with Crippen molar-refractivity contribution >= 4 is 35.2 Å². The smallest absolute Gasteiger partial charge is 0.227 e. The number of nitrogens with two attached hydrogens (primary N) is 1.